The molecule has 3 rings (SSSR count). The molecule has 11 heteroatoms. The second-order valence-corrected chi connectivity index (χ2v) is 9.23. The second-order valence-electron chi connectivity index (χ2n) is 5.61. The predicted molar refractivity (Wildman–Crippen MR) is 90.9 cm³/mol. The fourth-order valence-electron chi connectivity index (χ4n) is 2.91. The largest absolute Gasteiger partial charge is 0.418 e. The van der Waals surface area contributed by atoms with Crippen molar-refractivity contribution in [2.75, 3.05) is 22.3 Å². The van der Waals surface area contributed by atoms with E-state index in [1.54, 1.807) is 0 Å². The number of benzene rings is 1. The third kappa shape index (κ3) is 3.65. The van der Waals surface area contributed by atoms with Crippen LogP contribution in [0.5, 0.6) is 0 Å². The third-order valence-corrected chi connectivity index (χ3v) is 7.31. The summed E-state index contributed by atoms with van der Waals surface area (Å²) in [4.78, 5) is 16.6. The highest BCUT2D eigenvalue weighted by atomic mass is 35.5. The van der Waals surface area contributed by atoms with Gasteiger partial charge in [-0.25, -0.2) is 8.42 Å². The van der Waals surface area contributed by atoms with Gasteiger partial charge in [0.05, 0.1) is 28.8 Å². The van der Waals surface area contributed by atoms with Gasteiger partial charge in [0.25, 0.3) is 5.91 Å². The maximum atomic E-state index is 13.4. The summed E-state index contributed by atoms with van der Waals surface area (Å²) in [6.07, 6.45) is -4.63. The molecule has 2 aliphatic heterocycles. The predicted octanol–water partition coefficient (Wildman–Crippen LogP) is 2.55. The Morgan fingerprint density at radius 2 is 2.00 bits per heavy atom. The number of alkyl halides is 4. The van der Waals surface area contributed by atoms with Crippen molar-refractivity contribution < 1.29 is 26.4 Å². The Morgan fingerprint density at radius 3 is 2.64 bits per heavy atom. The van der Waals surface area contributed by atoms with Crippen LogP contribution in [-0.2, 0) is 20.8 Å². The van der Waals surface area contributed by atoms with Crippen molar-refractivity contribution in [1.82, 2.24) is 0 Å². The molecule has 1 amide bonds. The summed E-state index contributed by atoms with van der Waals surface area (Å²) >= 11 is 6.43. The van der Waals surface area contributed by atoms with Gasteiger partial charge in [-0.2, -0.15) is 18.2 Å². The number of carbonyl (C=O) groups is 1. The molecule has 1 aromatic rings. The Morgan fingerprint density at radius 1 is 1.32 bits per heavy atom. The number of amides is 1. The van der Waals surface area contributed by atoms with Gasteiger partial charge in [0.1, 0.15) is 5.88 Å². The van der Waals surface area contributed by atoms with Crippen LogP contribution < -0.4 is 4.90 Å². The van der Waals surface area contributed by atoms with Crippen LogP contribution in [0.1, 0.15) is 5.56 Å². The molecule has 0 aliphatic carbocycles. The van der Waals surface area contributed by atoms with Crippen molar-refractivity contribution in [2.45, 2.75) is 17.5 Å². The maximum absolute atomic E-state index is 13.4. The number of amidine groups is 1. The lowest BCUT2D eigenvalue weighted by Gasteiger charge is -2.27. The van der Waals surface area contributed by atoms with E-state index in [0.717, 1.165) is 17.8 Å². The first-order valence-corrected chi connectivity index (χ1v) is 10.4. The zero-order valence-corrected chi connectivity index (χ0v) is 14.9. The molecule has 2 unspecified atom stereocenters. The number of halogens is 4. The van der Waals surface area contributed by atoms with Gasteiger partial charge in [0.15, 0.2) is 15.0 Å². The van der Waals surface area contributed by atoms with Gasteiger partial charge in [-0.3, -0.25) is 4.79 Å². The molecule has 0 aromatic heterocycles. The van der Waals surface area contributed by atoms with Crippen molar-refractivity contribution in [1.29, 1.82) is 0 Å². The molecule has 0 N–H and O–H groups in total. The molecule has 136 valence electrons. The van der Waals surface area contributed by atoms with Gasteiger partial charge in [-0.15, -0.1) is 11.6 Å². The minimum atomic E-state index is -4.63. The molecule has 1 aromatic carbocycles. The zero-order chi connectivity index (χ0) is 18.4. The van der Waals surface area contributed by atoms with E-state index in [2.05, 4.69) is 4.99 Å². The number of thioether (sulfide) groups is 1. The molecular formula is C14H12ClF3N2O3S2. The van der Waals surface area contributed by atoms with E-state index in [1.807, 2.05) is 0 Å². The topological polar surface area (TPSA) is 66.8 Å². The summed E-state index contributed by atoms with van der Waals surface area (Å²) < 4.78 is 63.9. The fraction of sp³-hybridized carbons (Fsp3) is 0.429. The Bertz CT molecular complexity index is 842. The molecule has 0 saturated carbocycles. The maximum Gasteiger partial charge on any atom is 0.418 e. The van der Waals surface area contributed by atoms with E-state index in [-0.39, 0.29) is 22.4 Å². The molecule has 2 aliphatic rings. The molecule has 2 atom stereocenters. The monoisotopic (exact) mass is 412 g/mol. The summed E-state index contributed by atoms with van der Waals surface area (Å²) in [5, 5.41) is -0.430. The average Bonchev–Trinajstić information content (AvgIpc) is 2.97. The van der Waals surface area contributed by atoms with Crippen molar-refractivity contribution in [3.63, 3.8) is 0 Å². The summed E-state index contributed by atoms with van der Waals surface area (Å²) in [6.45, 7) is 0. The third-order valence-electron chi connectivity index (χ3n) is 3.87. The highest BCUT2D eigenvalue weighted by molar-refractivity contribution is 8.16. The molecule has 2 heterocycles. The normalized spacial score (nSPS) is 26.9. The average molecular weight is 413 g/mol. The number of anilines is 1. The number of fused-ring (bicyclic) bond motifs is 1. The molecule has 0 radical (unpaired) electrons. The van der Waals surface area contributed by atoms with Crippen molar-refractivity contribution in [2.24, 2.45) is 4.99 Å². The van der Waals surface area contributed by atoms with Gasteiger partial charge >= 0.3 is 6.18 Å². The SMILES string of the molecule is O=C(CCl)N=C1SC2CS(=O)(=O)CC2N1c1ccccc1C(F)(F)F. The number of para-hydroxylation sites is 1. The zero-order valence-electron chi connectivity index (χ0n) is 12.5. The van der Waals surface area contributed by atoms with Crippen LogP contribution in [0.3, 0.4) is 0 Å². The molecule has 25 heavy (non-hydrogen) atoms. The molecular weight excluding hydrogens is 401 g/mol. The van der Waals surface area contributed by atoms with Crippen LogP contribution in [0, 0.1) is 0 Å². The standard InChI is InChI=1S/C14H12ClF3N2O3S2/c15-5-12(21)19-13-20(10-6-25(22,23)7-11(10)24-13)9-4-2-1-3-8(9)14(16,17)18/h1-4,10-11H,5-7H2. The first-order chi connectivity index (χ1) is 11.6. The van der Waals surface area contributed by atoms with Crippen LogP contribution in [0.4, 0.5) is 18.9 Å². The Balaban J connectivity index is 2.12. The van der Waals surface area contributed by atoms with E-state index in [4.69, 9.17) is 11.6 Å². The summed E-state index contributed by atoms with van der Waals surface area (Å²) in [7, 11) is -3.36. The van der Waals surface area contributed by atoms with Crippen LogP contribution in [0.2, 0.25) is 0 Å². The van der Waals surface area contributed by atoms with E-state index < -0.39 is 44.7 Å². The fourth-order valence-corrected chi connectivity index (χ4v) is 6.89. The van der Waals surface area contributed by atoms with Crippen molar-refractivity contribution in [3.05, 3.63) is 29.8 Å². The number of sulfone groups is 1. The second kappa shape index (κ2) is 6.48. The van der Waals surface area contributed by atoms with Crippen LogP contribution in [0.15, 0.2) is 29.3 Å². The highest BCUT2D eigenvalue weighted by Crippen LogP contribution is 2.45. The quantitative estimate of drug-likeness (QED) is 0.698. The lowest BCUT2D eigenvalue weighted by Crippen LogP contribution is -2.39. The lowest BCUT2D eigenvalue weighted by molar-refractivity contribution is -0.137. The number of hydrogen-bond donors (Lipinski definition) is 0. The van der Waals surface area contributed by atoms with Gasteiger partial charge < -0.3 is 4.90 Å². The number of carbonyl (C=O) groups excluding carboxylic acids is 1. The first kappa shape index (κ1) is 18.5. The summed E-state index contributed by atoms with van der Waals surface area (Å²) in [5.74, 6) is -1.56. The molecule has 2 fully saturated rings. The number of rotatable bonds is 2. The Hall–Kier alpha value is -1.26. The first-order valence-electron chi connectivity index (χ1n) is 7.12. The summed E-state index contributed by atoms with van der Waals surface area (Å²) in [6, 6.07) is 4.13. The van der Waals surface area contributed by atoms with Gasteiger partial charge in [-0.05, 0) is 12.1 Å². The molecule has 0 spiro atoms. The minimum absolute atomic E-state index is 0.0484. The van der Waals surface area contributed by atoms with E-state index in [1.165, 1.54) is 23.1 Å². The molecule has 5 nitrogen and oxygen atoms in total. The number of hydrogen-bond acceptors (Lipinski definition) is 4. The Labute approximate surface area is 151 Å². The van der Waals surface area contributed by atoms with Gasteiger partial charge in [0, 0.05) is 5.25 Å². The van der Waals surface area contributed by atoms with Crippen LogP contribution in [0.25, 0.3) is 0 Å². The van der Waals surface area contributed by atoms with E-state index in [9.17, 15) is 26.4 Å². The van der Waals surface area contributed by atoms with Crippen molar-refractivity contribution in [3.8, 4) is 0 Å². The molecule has 0 bridgehead atoms. The minimum Gasteiger partial charge on any atom is -0.315 e. The van der Waals surface area contributed by atoms with E-state index >= 15 is 0 Å². The van der Waals surface area contributed by atoms with Crippen LogP contribution >= 0.6 is 23.4 Å². The highest BCUT2D eigenvalue weighted by Gasteiger charge is 2.51. The smallest absolute Gasteiger partial charge is 0.315 e. The summed E-state index contributed by atoms with van der Waals surface area (Å²) in [5.41, 5.74) is -1.13. The van der Waals surface area contributed by atoms with Crippen LogP contribution in [-0.4, -0.2) is 48.2 Å². The number of nitrogens with zero attached hydrogens (tertiary/aromatic N) is 2. The Kier molecular flexibility index (Phi) is 4.80. The number of aliphatic imine (C=N–C) groups is 1. The van der Waals surface area contributed by atoms with Crippen molar-refractivity contribution >= 4 is 50.0 Å². The lowest BCUT2D eigenvalue weighted by atomic mass is 10.1. The van der Waals surface area contributed by atoms with Gasteiger partial charge in [-0.1, -0.05) is 23.9 Å². The van der Waals surface area contributed by atoms with E-state index in [0.29, 0.717) is 0 Å². The van der Waals surface area contributed by atoms with Gasteiger partial charge in [0.2, 0.25) is 0 Å². The molecule has 2 saturated heterocycles.